The molecular formula is C25H34N4O3S. The molecule has 8 heteroatoms. The van der Waals surface area contributed by atoms with Gasteiger partial charge >= 0.3 is 6.09 Å². The molecule has 2 amide bonds. The number of likely N-dealkylation sites (tertiary alicyclic amines) is 1. The molecule has 1 aromatic heterocycles. The van der Waals surface area contributed by atoms with Crippen LogP contribution in [0.4, 0.5) is 16.2 Å². The minimum absolute atomic E-state index is 0.168. The molecule has 0 spiro atoms. The molecule has 178 valence electrons. The Hall–Kier alpha value is -2.61. The number of anilines is 2. The van der Waals surface area contributed by atoms with Crippen LogP contribution in [-0.2, 0) is 4.74 Å². The van der Waals surface area contributed by atoms with Gasteiger partial charge in [-0.15, -0.1) is 11.3 Å². The van der Waals surface area contributed by atoms with E-state index in [4.69, 9.17) is 4.74 Å². The third-order valence-corrected chi connectivity index (χ3v) is 7.44. The monoisotopic (exact) mass is 470 g/mol. The number of ether oxygens (including phenoxy) is 1. The molecule has 1 aromatic carbocycles. The molecule has 2 aromatic rings. The van der Waals surface area contributed by atoms with Crippen LogP contribution in [0.2, 0.25) is 0 Å². The molecule has 0 atom stereocenters. The van der Waals surface area contributed by atoms with E-state index in [2.05, 4.69) is 28.2 Å². The first-order valence-corrected chi connectivity index (χ1v) is 13.1. The molecular weight excluding hydrogens is 436 g/mol. The zero-order chi connectivity index (χ0) is 23.0. The topological polar surface area (TPSA) is 74.8 Å². The average molecular weight is 471 g/mol. The normalized spacial score (nSPS) is 17.1. The minimum Gasteiger partial charge on any atom is -0.449 e. The summed E-state index contributed by atoms with van der Waals surface area (Å²) >= 11 is 1.54. The van der Waals surface area contributed by atoms with Gasteiger partial charge in [-0.25, -0.2) is 9.78 Å². The van der Waals surface area contributed by atoms with E-state index in [0.29, 0.717) is 25.4 Å². The standard InChI is InChI=1S/C25H34N4O3S/c1-2-3-17-32-25(31)29-15-11-19(12-16-29)24-27-21(18-33-24)23(30)26-20-9-5-6-10-22(20)28-13-7-4-8-14-28/h5-6,9-10,18-19H,2-4,7-8,11-17H2,1H3,(H,26,30). The molecule has 0 aliphatic carbocycles. The number of nitrogens with zero attached hydrogens (tertiary/aromatic N) is 3. The van der Waals surface area contributed by atoms with Gasteiger partial charge in [0.25, 0.3) is 5.91 Å². The summed E-state index contributed by atoms with van der Waals surface area (Å²) in [6.45, 7) is 5.95. The van der Waals surface area contributed by atoms with Crippen LogP contribution in [0, 0.1) is 0 Å². The fourth-order valence-corrected chi connectivity index (χ4v) is 5.43. The molecule has 0 bridgehead atoms. The predicted molar refractivity (Wildman–Crippen MR) is 132 cm³/mol. The second-order valence-corrected chi connectivity index (χ2v) is 9.71. The number of aromatic nitrogens is 1. The van der Waals surface area contributed by atoms with Crippen molar-refractivity contribution in [2.75, 3.05) is 43.0 Å². The molecule has 3 heterocycles. The number of rotatable bonds is 7. The summed E-state index contributed by atoms with van der Waals surface area (Å²) in [6.07, 6.45) is 7.03. The quantitative estimate of drug-likeness (QED) is 0.541. The Labute approximate surface area is 200 Å². The number of para-hydroxylation sites is 2. The van der Waals surface area contributed by atoms with Crippen molar-refractivity contribution in [3.05, 3.63) is 40.3 Å². The molecule has 2 saturated heterocycles. The van der Waals surface area contributed by atoms with Crippen LogP contribution in [0.1, 0.15) is 73.3 Å². The summed E-state index contributed by atoms with van der Waals surface area (Å²) in [5.74, 6) is 0.107. The van der Waals surface area contributed by atoms with E-state index in [1.807, 2.05) is 23.6 Å². The van der Waals surface area contributed by atoms with Crippen molar-refractivity contribution in [1.29, 1.82) is 0 Å². The van der Waals surface area contributed by atoms with Crippen molar-refractivity contribution in [2.45, 2.75) is 57.8 Å². The summed E-state index contributed by atoms with van der Waals surface area (Å²) < 4.78 is 5.33. The lowest BCUT2D eigenvalue weighted by atomic mass is 9.98. The lowest BCUT2D eigenvalue weighted by molar-refractivity contribution is 0.0916. The van der Waals surface area contributed by atoms with Gasteiger partial charge in [0.1, 0.15) is 5.69 Å². The molecule has 2 aliphatic rings. The van der Waals surface area contributed by atoms with Crippen molar-refractivity contribution < 1.29 is 14.3 Å². The number of carbonyl (C=O) groups is 2. The van der Waals surface area contributed by atoms with E-state index in [9.17, 15) is 9.59 Å². The number of unbranched alkanes of at least 4 members (excludes halogenated alkanes) is 1. The first kappa shape index (κ1) is 23.5. The molecule has 2 aliphatic heterocycles. The number of thiazole rings is 1. The number of benzene rings is 1. The maximum Gasteiger partial charge on any atom is 0.409 e. The number of hydrogen-bond acceptors (Lipinski definition) is 6. The first-order chi connectivity index (χ1) is 16.2. The Kier molecular flexibility index (Phi) is 8.20. The van der Waals surface area contributed by atoms with Gasteiger partial charge in [-0.1, -0.05) is 25.5 Å². The maximum atomic E-state index is 13.0. The van der Waals surface area contributed by atoms with E-state index in [1.54, 1.807) is 4.90 Å². The van der Waals surface area contributed by atoms with Gasteiger partial charge in [-0.2, -0.15) is 0 Å². The summed E-state index contributed by atoms with van der Waals surface area (Å²) in [5, 5.41) is 5.90. The van der Waals surface area contributed by atoms with Crippen molar-refractivity contribution >= 4 is 34.7 Å². The van der Waals surface area contributed by atoms with Crippen molar-refractivity contribution in [2.24, 2.45) is 0 Å². The van der Waals surface area contributed by atoms with E-state index >= 15 is 0 Å². The van der Waals surface area contributed by atoms with Crippen molar-refractivity contribution in [3.63, 3.8) is 0 Å². The molecule has 1 N–H and O–H groups in total. The smallest absolute Gasteiger partial charge is 0.409 e. The molecule has 2 fully saturated rings. The van der Waals surface area contributed by atoms with Crippen LogP contribution in [0.25, 0.3) is 0 Å². The Bertz CT molecular complexity index is 933. The number of piperidine rings is 2. The van der Waals surface area contributed by atoms with Gasteiger partial charge in [0.2, 0.25) is 0 Å². The third-order valence-electron chi connectivity index (χ3n) is 6.43. The Balaban J connectivity index is 1.33. The van der Waals surface area contributed by atoms with Crippen LogP contribution < -0.4 is 10.2 Å². The highest BCUT2D eigenvalue weighted by Crippen LogP contribution is 2.32. The van der Waals surface area contributed by atoms with Gasteiger partial charge in [-0.05, 0) is 50.7 Å². The van der Waals surface area contributed by atoms with E-state index in [-0.39, 0.29) is 17.9 Å². The molecule has 4 rings (SSSR count). The first-order valence-electron chi connectivity index (χ1n) is 12.2. The van der Waals surface area contributed by atoms with Crippen LogP contribution in [0.3, 0.4) is 0 Å². The van der Waals surface area contributed by atoms with Gasteiger partial charge in [0.05, 0.1) is 23.0 Å². The molecule has 7 nitrogen and oxygen atoms in total. The lowest BCUT2D eigenvalue weighted by Crippen LogP contribution is -2.38. The summed E-state index contributed by atoms with van der Waals surface area (Å²) in [6, 6.07) is 8.02. The van der Waals surface area contributed by atoms with Gasteiger partial charge in [-0.3, -0.25) is 4.79 Å². The van der Waals surface area contributed by atoms with E-state index in [1.165, 1.54) is 30.6 Å². The maximum absolute atomic E-state index is 13.0. The highest BCUT2D eigenvalue weighted by molar-refractivity contribution is 7.10. The van der Waals surface area contributed by atoms with Crippen molar-refractivity contribution in [3.8, 4) is 0 Å². The van der Waals surface area contributed by atoms with Crippen LogP contribution >= 0.6 is 11.3 Å². The van der Waals surface area contributed by atoms with Crippen LogP contribution in [0.5, 0.6) is 0 Å². The molecule has 0 radical (unpaired) electrons. The summed E-state index contributed by atoms with van der Waals surface area (Å²) in [4.78, 5) is 33.9. The van der Waals surface area contributed by atoms with Gasteiger partial charge in [0, 0.05) is 37.5 Å². The van der Waals surface area contributed by atoms with Gasteiger partial charge in [0.15, 0.2) is 0 Å². The Morgan fingerprint density at radius 1 is 1.12 bits per heavy atom. The number of amides is 2. The number of carbonyl (C=O) groups excluding carboxylic acids is 2. The van der Waals surface area contributed by atoms with E-state index < -0.39 is 0 Å². The van der Waals surface area contributed by atoms with Crippen LogP contribution in [-0.4, -0.2) is 54.7 Å². The minimum atomic E-state index is -0.214. The van der Waals surface area contributed by atoms with Crippen molar-refractivity contribution in [1.82, 2.24) is 9.88 Å². The second kappa shape index (κ2) is 11.5. The second-order valence-electron chi connectivity index (χ2n) is 8.82. The largest absolute Gasteiger partial charge is 0.449 e. The zero-order valence-corrected chi connectivity index (χ0v) is 20.2. The predicted octanol–water partition coefficient (Wildman–Crippen LogP) is 5.50. The molecule has 0 saturated carbocycles. The molecule has 0 unspecified atom stereocenters. The highest BCUT2D eigenvalue weighted by atomic mass is 32.1. The fraction of sp³-hybridized carbons (Fsp3) is 0.560. The van der Waals surface area contributed by atoms with Crippen LogP contribution in [0.15, 0.2) is 29.6 Å². The third kappa shape index (κ3) is 6.05. The summed E-state index contributed by atoms with van der Waals surface area (Å²) in [5.41, 5.74) is 2.39. The zero-order valence-electron chi connectivity index (χ0n) is 19.4. The average Bonchev–Trinajstić information content (AvgIpc) is 3.36. The highest BCUT2D eigenvalue weighted by Gasteiger charge is 2.27. The molecule has 33 heavy (non-hydrogen) atoms. The Morgan fingerprint density at radius 3 is 2.64 bits per heavy atom. The summed E-state index contributed by atoms with van der Waals surface area (Å²) in [7, 11) is 0. The van der Waals surface area contributed by atoms with Gasteiger partial charge < -0.3 is 19.9 Å². The number of hydrogen-bond donors (Lipinski definition) is 1. The SMILES string of the molecule is CCCCOC(=O)N1CCC(c2nc(C(=O)Nc3ccccc3N3CCCCC3)cs2)CC1. The fourth-order valence-electron chi connectivity index (χ4n) is 4.46. The lowest BCUT2D eigenvalue weighted by Gasteiger charge is -2.30. The number of nitrogens with one attached hydrogen (secondary N) is 1. The van der Waals surface area contributed by atoms with E-state index in [0.717, 1.165) is 55.2 Å². The Morgan fingerprint density at radius 2 is 1.88 bits per heavy atom.